The van der Waals surface area contributed by atoms with Crippen LogP contribution in [0.25, 0.3) is 0 Å². The summed E-state index contributed by atoms with van der Waals surface area (Å²) in [5.74, 6) is -0.0540. The summed E-state index contributed by atoms with van der Waals surface area (Å²) >= 11 is 0. The minimum absolute atomic E-state index is 0.00495. The average molecular weight is 441 g/mol. The van der Waals surface area contributed by atoms with Gasteiger partial charge < -0.3 is 19.9 Å². The Morgan fingerprint density at radius 1 is 1.13 bits per heavy atom. The molecular formula is C21H32N2O6S. The molecule has 8 nitrogen and oxygen atoms in total. The molecule has 0 unspecified atom stereocenters. The highest BCUT2D eigenvalue weighted by Gasteiger charge is 2.33. The number of carbonyl (C=O) groups is 1. The van der Waals surface area contributed by atoms with E-state index in [1.165, 1.54) is 0 Å². The lowest BCUT2D eigenvalue weighted by Crippen LogP contribution is -2.52. The van der Waals surface area contributed by atoms with Crippen LogP contribution < -0.4 is 10.0 Å². The third-order valence-corrected chi connectivity index (χ3v) is 7.28. The van der Waals surface area contributed by atoms with Gasteiger partial charge in [-0.05, 0) is 51.2 Å². The monoisotopic (exact) mass is 440 g/mol. The normalized spacial score (nSPS) is 25.7. The predicted molar refractivity (Wildman–Crippen MR) is 111 cm³/mol. The molecule has 1 aromatic carbocycles. The summed E-state index contributed by atoms with van der Waals surface area (Å²) in [5.41, 5.74) is 0.998. The third-order valence-electron chi connectivity index (χ3n) is 5.81. The molecule has 168 valence electrons. The van der Waals surface area contributed by atoms with Crippen molar-refractivity contribution in [1.82, 2.24) is 10.0 Å². The smallest absolute Gasteiger partial charge is 0.240 e. The Labute approximate surface area is 178 Å². The minimum Gasteiger partial charge on any atom is -0.394 e. The van der Waals surface area contributed by atoms with Crippen molar-refractivity contribution >= 4 is 15.9 Å². The summed E-state index contributed by atoms with van der Waals surface area (Å²) in [6.07, 6.45) is 2.67. The maximum Gasteiger partial charge on any atom is 0.240 e. The van der Waals surface area contributed by atoms with E-state index in [0.717, 1.165) is 5.56 Å². The maximum absolute atomic E-state index is 12.5. The lowest BCUT2D eigenvalue weighted by Gasteiger charge is -2.37. The molecule has 3 atom stereocenters. The first-order chi connectivity index (χ1) is 14.4. The number of benzene rings is 1. The Balaban J connectivity index is 1.45. The summed E-state index contributed by atoms with van der Waals surface area (Å²) < 4.78 is 38.6. The van der Waals surface area contributed by atoms with Crippen LogP contribution in [0.5, 0.6) is 0 Å². The first kappa shape index (κ1) is 23.1. The first-order valence-corrected chi connectivity index (χ1v) is 12.1. The lowest BCUT2D eigenvalue weighted by atomic mass is 9.94. The van der Waals surface area contributed by atoms with E-state index in [1.54, 1.807) is 24.3 Å². The van der Waals surface area contributed by atoms with Gasteiger partial charge in [0, 0.05) is 25.7 Å². The van der Waals surface area contributed by atoms with Gasteiger partial charge in [-0.1, -0.05) is 17.7 Å². The van der Waals surface area contributed by atoms with Crippen molar-refractivity contribution in [2.75, 3.05) is 26.4 Å². The molecule has 1 amide bonds. The summed E-state index contributed by atoms with van der Waals surface area (Å²) in [7, 11) is -3.56. The molecule has 30 heavy (non-hydrogen) atoms. The van der Waals surface area contributed by atoms with Crippen LogP contribution in [0.3, 0.4) is 0 Å². The largest absolute Gasteiger partial charge is 0.394 e. The first-order valence-electron chi connectivity index (χ1n) is 10.6. The quantitative estimate of drug-likeness (QED) is 0.558. The SMILES string of the molecule is Cc1ccc(S(=O)(=O)NCC[C@H]2CC[C@H](NC(=O)C3CCOCC3)[C@H](CO)O2)cc1. The van der Waals surface area contributed by atoms with Gasteiger partial charge in [-0.2, -0.15) is 0 Å². The molecule has 3 N–H and O–H groups in total. The highest BCUT2D eigenvalue weighted by molar-refractivity contribution is 7.89. The number of sulfonamides is 1. The Bertz CT molecular complexity index is 792. The number of ether oxygens (including phenoxy) is 2. The van der Waals surface area contributed by atoms with Crippen molar-refractivity contribution in [3.8, 4) is 0 Å². The van der Waals surface area contributed by atoms with Gasteiger partial charge in [0.2, 0.25) is 15.9 Å². The van der Waals surface area contributed by atoms with Gasteiger partial charge in [0.15, 0.2) is 0 Å². The van der Waals surface area contributed by atoms with E-state index >= 15 is 0 Å². The molecule has 2 saturated heterocycles. The van der Waals surface area contributed by atoms with Crippen molar-refractivity contribution in [2.45, 2.75) is 62.2 Å². The van der Waals surface area contributed by atoms with E-state index < -0.39 is 16.1 Å². The number of nitrogens with one attached hydrogen (secondary N) is 2. The average Bonchev–Trinajstić information content (AvgIpc) is 2.75. The zero-order valence-corrected chi connectivity index (χ0v) is 18.2. The van der Waals surface area contributed by atoms with E-state index in [2.05, 4.69) is 10.0 Å². The number of hydrogen-bond acceptors (Lipinski definition) is 6. The summed E-state index contributed by atoms with van der Waals surface area (Å²) in [6, 6.07) is 6.47. The Hall–Kier alpha value is -1.52. The zero-order chi connectivity index (χ0) is 21.6. The number of aliphatic hydroxyl groups is 1. The van der Waals surface area contributed by atoms with Crippen molar-refractivity contribution in [3.05, 3.63) is 29.8 Å². The summed E-state index contributed by atoms with van der Waals surface area (Å²) in [4.78, 5) is 12.7. The van der Waals surface area contributed by atoms with Crippen LogP contribution in [0.1, 0.15) is 37.7 Å². The highest BCUT2D eigenvalue weighted by Crippen LogP contribution is 2.23. The van der Waals surface area contributed by atoms with Gasteiger partial charge in [0.25, 0.3) is 0 Å². The van der Waals surface area contributed by atoms with Gasteiger partial charge in [-0.3, -0.25) is 4.79 Å². The number of carbonyl (C=O) groups excluding carboxylic acids is 1. The highest BCUT2D eigenvalue weighted by atomic mass is 32.2. The van der Waals surface area contributed by atoms with Crippen LogP contribution >= 0.6 is 0 Å². The second-order valence-electron chi connectivity index (χ2n) is 8.06. The molecule has 0 aliphatic carbocycles. The van der Waals surface area contributed by atoms with E-state index in [9.17, 15) is 18.3 Å². The van der Waals surface area contributed by atoms with E-state index in [-0.39, 0.29) is 42.0 Å². The fourth-order valence-electron chi connectivity index (χ4n) is 3.92. The second kappa shape index (κ2) is 10.7. The molecule has 0 saturated carbocycles. The third kappa shape index (κ3) is 6.24. The van der Waals surface area contributed by atoms with Gasteiger partial charge in [-0.25, -0.2) is 13.1 Å². The van der Waals surface area contributed by atoms with E-state index in [4.69, 9.17) is 9.47 Å². The van der Waals surface area contributed by atoms with Crippen molar-refractivity contribution < 1.29 is 27.8 Å². The molecule has 2 aliphatic heterocycles. The van der Waals surface area contributed by atoms with Gasteiger partial charge in [-0.15, -0.1) is 0 Å². The molecule has 0 aromatic heterocycles. The van der Waals surface area contributed by atoms with Crippen LogP contribution in [0.2, 0.25) is 0 Å². The molecule has 0 bridgehead atoms. The molecule has 2 heterocycles. The molecule has 1 aromatic rings. The summed E-state index contributed by atoms with van der Waals surface area (Å²) in [5, 5.41) is 12.7. The standard InChI is InChI=1S/C21H32N2O6S/c1-15-2-5-18(6-3-15)30(26,27)22-11-8-17-4-7-19(20(14-24)29-17)23-21(25)16-9-12-28-13-10-16/h2-3,5-6,16-17,19-20,22,24H,4,7-14H2,1H3,(H,23,25)/t17-,19+,20+/m1/s1. The molecule has 3 rings (SSSR count). The van der Waals surface area contributed by atoms with Gasteiger partial charge >= 0.3 is 0 Å². The van der Waals surface area contributed by atoms with Crippen molar-refractivity contribution in [3.63, 3.8) is 0 Å². The maximum atomic E-state index is 12.5. The van der Waals surface area contributed by atoms with Crippen LogP contribution in [0.15, 0.2) is 29.2 Å². The Kier molecular flexibility index (Phi) is 8.24. The topological polar surface area (TPSA) is 114 Å². The minimum atomic E-state index is -3.56. The fraction of sp³-hybridized carbons (Fsp3) is 0.667. The van der Waals surface area contributed by atoms with Crippen LogP contribution in [-0.2, 0) is 24.3 Å². The van der Waals surface area contributed by atoms with Crippen LogP contribution in [0, 0.1) is 12.8 Å². The predicted octanol–water partition coefficient (Wildman–Crippen LogP) is 1.11. The second-order valence-corrected chi connectivity index (χ2v) is 9.82. The number of aryl methyl sites for hydroxylation is 1. The summed E-state index contributed by atoms with van der Waals surface area (Å²) in [6.45, 7) is 3.16. The van der Waals surface area contributed by atoms with Gasteiger partial charge in [0.05, 0.1) is 23.6 Å². The molecule has 0 radical (unpaired) electrons. The molecule has 9 heteroatoms. The number of hydrogen-bond donors (Lipinski definition) is 3. The van der Waals surface area contributed by atoms with Gasteiger partial charge in [0.1, 0.15) is 6.10 Å². The molecule has 2 fully saturated rings. The number of aliphatic hydroxyl groups excluding tert-OH is 1. The molecular weight excluding hydrogens is 408 g/mol. The van der Waals surface area contributed by atoms with Crippen molar-refractivity contribution in [1.29, 1.82) is 0 Å². The lowest BCUT2D eigenvalue weighted by molar-refractivity contribution is -0.134. The van der Waals surface area contributed by atoms with Crippen LogP contribution in [-0.4, -0.2) is 64.0 Å². The zero-order valence-electron chi connectivity index (χ0n) is 17.4. The van der Waals surface area contributed by atoms with E-state index in [1.807, 2.05) is 6.92 Å². The Morgan fingerprint density at radius 3 is 2.50 bits per heavy atom. The van der Waals surface area contributed by atoms with E-state index in [0.29, 0.717) is 45.3 Å². The van der Waals surface area contributed by atoms with Crippen molar-refractivity contribution in [2.24, 2.45) is 5.92 Å². The molecule has 2 aliphatic rings. The number of rotatable bonds is 8. The molecule has 0 spiro atoms. The van der Waals surface area contributed by atoms with Crippen LogP contribution in [0.4, 0.5) is 0 Å². The Morgan fingerprint density at radius 2 is 1.83 bits per heavy atom. The fourth-order valence-corrected chi connectivity index (χ4v) is 4.97. The number of amides is 1.